The van der Waals surface area contributed by atoms with Crippen molar-refractivity contribution in [2.24, 2.45) is 0 Å². The van der Waals surface area contributed by atoms with E-state index in [4.69, 9.17) is 11.6 Å². The summed E-state index contributed by atoms with van der Waals surface area (Å²) in [7, 11) is 0. The van der Waals surface area contributed by atoms with Gasteiger partial charge < -0.3 is 5.32 Å². The van der Waals surface area contributed by atoms with Crippen LogP contribution in [0.15, 0.2) is 30.6 Å². The second-order valence-electron chi connectivity index (χ2n) is 5.03. The van der Waals surface area contributed by atoms with Gasteiger partial charge in [0.15, 0.2) is 0 Å². The van der Waals surface area contributed by atoms with Crippen LogP contribution in [0.4, 0.5) is 4.39 Å². The van der Waals surface area contributed by atoms with E-state index < -0.39 is 0 Å². The zero-order chi connectivity index (χ0) is 15.2. The number of benzene rings is 1. The van der Waals surface area contributed by atoms with Crippen LogP contribution in [0.2, 0.25) is 5.02 Å². The molecule has 0 bridgehead atoms. The third-order valence-electron chi connectivity index (χ3n) is 3.23. The van der Waals surface area contributed by atoms with Crippen molar-refractivity contribution in [3.63, 3.8) is 0 Å². The fourth-order valence-electron chi connectivity index (χ4n) is 2.10. The molecule has 3 nitrogen and oxygen atoms in total. The summed E-state index contributed by atoms with van der Waals surface area (Å²) in [6.07, 6.45) is 4.95. The summed E-state index contributed by atoms with van der Waals surface area (Å²) in [6, 6.07) is 4.54. The predicted octanol–water partition coefficient (Wildman–Crippen LogP) is 3.86. The van der Waals surface area contributed by atoms with Gasteiger partial charge in [-0.3, -0.25) is 9.97 Å². The van der Waals surface area contributed by atoms with E-state index in [0.29, 0.717) is 17.0 Å². The number of rotatable bonds is 6. The van der Waals surface area contributed by atoms with E-state index in [0.717, 1.165) is 24.4 Å². The lowest BCUT2D eigenvalue weighted by molar-refractivity contribution is 0.501. The van der Waals surface area contributed by atoms with Crippen LogP contribution < -0.4 is 5.32 Å². The average molecular weight is 308 g/mol. The first kappa shape index (κ1) is 15.9. The molecule has 1 heterocycles. The lowest BCUT2D eigenvalue weighted by Crippen LogP contribution is -2.25. The number of hydrogen-bond acceptors (Lipinski definition) is 3. The number of nitrogens with zero attached hydrogens (tertiary/aromatic N) is 2. The van der Waals surface area contributed by atoms with Gasteiger partial charge in [-0.25, -0.2) is 4.39 Å². The van der Waals surface area contributed by atoms with Gasteiger partial charge >= 0.3 is 0 Å². The van der Waals surface area contributed by atoms with Crippen molar-refractivity contribution < 1.29 is 4.39 Å². The van der Waals surface area contributed by atoms with E-state index in [1.807, 2.05) is 6.92 Å². The largest absolute Gasteiger partial charge is 0.308 e. The van der Waals surface area contributed by atoms with E-state index in [1.165, 1.54) is 6.07 Å². The molecule has 2 rings (SSSR count). The van der Waals surface area contributed by atoms with Gasteiger partial charge in [0.05, 0.1) is 23.6 Å². The summed E-state index contributed by atoms with van der Waals surface area (Å²) < 4.78 is 13.9. The number of hydrogen-bond donors (Lipinski definition) is 1. The molecule has 0 amide bonds. The van der Waals surface area contributed by atoms with Gasteiger partial charge in [0.2, 0.25) is 0 Å². The Hall–Kier alpha value is -1.52. The van der Waals surface area contributed by atoms with Crippen LogP contribution in [0.5, 0.6) is 0 Å². The number of aromatic nitrogens is 2. The summed E-state index contributed by atoms with van der Waals surface area (Å²) in [5.41, 5.74) is 2.26. The highest BCUT2D eigenvalue weighted by Crippen LogP contribution is 2.21. The Morgan fingerprint density at radius 3 is 2.76 bits per heavy atom. The molecule has 1 atom stereocenters. The number of aryl methyl sites for hydroxylation is 1. The Bertz CT molecular complexity index is 587. The van der Waals surface area contributed by atoms with Crippen molar-refractivity contribution in [3.05, 3.63) is 58.4 Å². The van der Waals surface area contributed by atoms with Crippen molar-refractivity contribution >= 4 is 11.6 Å². The zero-order valence-electron chi connectivity index (χ0n) is 12.2. The summed E-state index contributed by atoms with van der Waals surface area (Å²) in [4.78, 5) is 8.67. The number of nitrogens with one attached hydrogen (secondary N) is 1. The van der Waals surface area contributed by atoms with Gasteiger partial charge in [-0.05, 0) is 50.1 Å². The maximum Gasteiger partial charge on any atom is 0.126 e. The fourth-order valence-corrected chi connectivity index (χ4v) is 2.30. The highest BCUT2D eigenvalue weighted by Gasteiger charge is 2.16. The van der Waals surface area contributed by atoms with Crippen molar-refractivity contribution in [3.8, 4) is 0 Å². The van der Waals surface area contributed by atoms with E-state index in [2.05, 4.69) is 22.2 Å². The number of halogens is 2. The predicted molar refractivity (Wildman–Crippen MR) is 82.9 cm³/mol. The molecular formula is C16H19ClFN3. The Morgan fingerprint density at radius 2 is 2.10 bits per heavy atom. The first-order valence-corrected chi connectivity index (χ1v) is 7.43. The zero-order valence-corrected chi connectivity index (χ0v) is 13.0. The molecule has 0 aliphatic carbocycles. The molecule has 1 N–H and O–H groups in total. The normalized spacial score (nSPS) is 12.4. The van der Waals surface area contributed by atoms with Gasteiger partial charge in [-0.2, -0.15) is 0 Å². The summed E-state index contributed by atoms with van der Waals surface area (Å²) >= 11 is 5.96. The molecule has 21 heavy (non-hydrogen) atoms. The summed E-state index contributed by atoms with van der Waals surface area (Å²) in [5.74, 6) is -0.247. The van der Waals surface area contributed by atoms with E-state index in [9.17, 15) is 4.39 Å². The molecule has 0 saturated heterocycles. The lowest BCUT2D eigenvalue weighted by atomic mass is 10.0. The molecule has 0 aliphatic rings. The molecule has 2 aromatic rings. The van der Waals surface area contributed by atoms with Crippen LogP contribution in [-0.4, -0.2) is 16.5 Å². The lowest BCUT2D eigenvalue weighted by Gasteiger charge is -2.18. The molecule has 0 fully saturated rings. The fraction of sp³-hybridized carbons (Fsp3) is 0.375. The molecule has 112 valence electrons. The topological polar surface area (TPSA) is 37.8 Å². The molecule has 0 spiro atoms. The minimum absolute atomic E-state index is 0.0778. The third-order valence-corrected chi connectivity index (χ3v) is 3.47. The van der Waals surface area contributed by atoms with E-state index in [1.54, 1.807) is 24.5 Å². The van der Waals surface area contributed by atoms with Crippen LogP contribution in [-0.2, 0) is 6.42 Å². The van der Waals surface area contributed by atoms with Crippen molar-refractivity contribution in [1.82, 2.24) is 15.3 Å². The van der Waals surface area contributed by atoms with Gasteiger partial charge in [0.25, 0.3) is 0 Å². The van der Waals surface area contributed by atoms with E-state index >= 15 is 0 Å². The maximum absolute atomic E-state index is 13.9. The first-order valence-electron chi connectivity index (χ1n) is 7.06. The Balaban J connectivity index is 2.23. The van der Waals surface area contributed by atoms with E-state index in [-0.39, 0.29) is 11.9 Å². The van der Waals surface area contributed by atoms with Crippen molar-refractivity contribution in [2.45, 2.75) is 32.7 Å². The first-order chi connectivity index (χ1) is 10.1. The SMILES string of the molecule is CCCNC(Cc1cc(Cl)ccc1F)c1cnc(C)cn1. The molecule has 0 aliphatic heterocycles. The molecule has 5 heteroatoms. The standard InChI is InChI=1S/C16H19ClFN3/c1-3-6-19-15(16-10-20-11(2)9-21-16)8-12-7-13(17)4-5-14(12)18/h4-5,7,9-10,15,19H,3,6,8H2,1-2H3. The Labute approximate surface area is 129 Å². The van der Waals surface area contributed by atoms with Crippen LogP contribution in [0.3, 0.4) is 0 Å². The van der Waals surface area contributed by atoms with Crippen molar-refractivity contribution in [2.75, 3.05) is 6.54 Å². The van der Waals surface area contributed by atoms with Crippen LogP contribution in [0, 0.1) is 12.7 Å². The molecule has 1 aromatic heterocycles. The maximum atomic E-state index is 13.9. The van der Waals surface area contributed by atoms with Crippen LogP contribution >= 0.6 is 11.6 Å². The average Bonchev–Trinajstić information content (AvgIpc) is 2.48. The smallest absolute Gasteiger partial charge is 0.126 e. The molecular weight excluding hydrogens is 289 g/mol. The minimum atomic E-state index is -0.247. The third kappa shape index (κ3) is 4.48. The molecule has 0 saturated carbocycles. The molecule has 0 radical (unpaired) electrons. The monoisotopic (exact) mass is 307 g/mol. The van der Waals surface area contributed by atoms with Gasteiger partial charge in [0, 0.05) is 11.2 Å². The van der Waals surface area contributed by atoms with Crippen LogP contribution in [0.25, 0.3) is 0 Å². The van der Waals surface area contributed by atoms with Gasteiger partial charge in [-0.15, -0.1) is 0 Å². The van der Waals surface area contributed by atoms with Crippen LogP contribution in [0.1, 0.15) is 36.3 Å². The van der Waals surface area contributed by atoms with Gasteiger partial charge in [-0.1, -0.05) is 18.5 Å². The Morgan fingerprint density at radius 1 is 1.29 bits per heavy atom. The highest BCUT2D eigenvalue weighted by molar-refractivity contribution is 6.30. The molecule has 1 aromatic carbocycles. The minimum Gasteiger partial charge on any atom is -0.308 e. The van der Waals surface area contributed by atoms with Gasteiger partial charge in [0.1, 0.15) is 5.82 Å². The van der Waals surface area contributed by atoms with Crippen molar-refractivity contribution in [1.29, 1.82) is 0 Å². The summed E-state index contributed by atoms with van der Waals surface area (Å²) in [6.45, 7) is 4.81. The second kappa shape index (κ2) is 7.48. The Kier molecular flexibility index (Phi) is 5.65. The molecule has 1 unspecified atom stereocenters. The second-order valence-corrected chi connectivity index (χ2v) is 5.47. The summed E-state index contributed by atoms with van der Waals surface area (Å²) in [5, 5.41) is 3.93. The highest BCUT2D eigenvalue weighted by atomic mass is 35.5. The quantitative estimate of drug-likeness (QED) is 0.880.